The lowest BCUT2D eigenvalue weighted by atomic mass is 10.0. The number of aromatic carboxylic acids is 1. The maximum absolute atomic E-state index is 13.4. The molecule has 0 aromatic heterocycles. The zero-order valence-corrected chi connectivity index (χ0v) is 19.1. The predicted octanol–water partition coefficient (Wildman–Crippen LogP) is 6.91. The molecule has 0 saturated heterocycles. The summed E-state index contributed by atoms with van der Waals surface area (Å²) >= 11 is 0. The molecule has 4 aromatic carbocycles. The molecule has 0 spiro atoms. The van der Waals surface area contributed by atoms with E-state index >= 15 is 0 Å². The van der Waals surface area contributed by atoms with Crippen molar-refractivity contribution in [1.82, 2.24) is 4.90 Å². The SMILES string of the molecule is O=C(O)c1ccc(CN(Cc2ccccc2)C(=O)c2ccc(-c3ccc(C(F)(F)F)cc3)cc2)cc1. The first kappa shape index (κ1) is 24.7. The van der Waals surface area contributed by atoms with Crippen LogP contribution >= 0.6 is 0 Å². The topological polar surface area (TPSA) is 57.6 Å². The van der Waals surface area contributed by atoms with E-state index in [1.165, 1.54) is 24.3 Å². The van der Waals surface area contributed by atoms with Gasteiger partial charge in [0.15, 0.2) is 0 Å². The van der Waals surface area contributed by atoms with E-state index in [4.69, 9.17) is 5.11 Å². The van der Waals surface area contributed by atoms with Crippen LogP contribution in [0.5, 0.6) is 0 Å². The molecule has 1 amide bonds. The van der Waals surface area contributed by atoms with Crippen LogP contribution < -0.4 is 0 Å². The Morgan fingerprint density at radius 3 is 1.61 bits per heavy atom. The van der Waals surface area contributed by atoms with E-state index in [-0.39, 0.29) is 18.0 Å². The Bertz CT molecular complexity index is 1330. The van der Waals surface area contributed by atoms with Gasteiger partial charge in [-0.1, -0.05) is 66.7 Å². The summed E-state index contributed by atoms with van der Waals surface area (Å²) < 4.78 is 38.5. The summed E-state index contributed by atoms with van der Waals surface area (Å²) in [6.07, 6.45) is -4.40. The molecule has 0 heterocycles. The van der Waals surface area contributed by atoms with Crippen molar-refractivity contribution in [3.63, 3.8) is 0 Å². The van der Waals surface area contributed by atoms with Gasteiger partial charge in [-0.25, -0.2) is 4.79 Å². The fourth-order valence-corrected chi connectivity index (χ4v) is 3.82. The molecule has 0 atom stereocenters. The maximum Gasteiger partial charge on any atom is 0.416 e. The van der Waals surface area contributed by atoms with E-state index in [2.05, 4.69) is 0 Å². The molecule has 4 rings (SSSR count). The third-order valence-corrected chi connectivity index (χ3v) is 5.76. The van der Waals surface area contributed by atoms with Crippen LogP contribution in [-0.2, 0) is 19.3 Å². The second-order valence-electron chi connectivity index (χ2n) is 8.30. The minimum atomic E-state index is -4.40. The van der Waals surface area contributed by atoms with Crippen LogP contribution in [0.3, 0.4) is 0 Å². The van der Waals surface area contributed by atoms with E-state index in [9.17, 15) is 22.8 Å². The Labute approximate surface area is 206 Å². The first-order valence-electron chi connectivity index (χ1n) is 11.1. The molecule has 0 bridgehead atoms. The average Bonchev–Trinajstić information content (AvgIpc) is 2.88. The van der Waals surface area contributed by atoms with Crippen molar-refractivity contribution in [3.05, 3.63) is 131 Å². The Balaban J connectivity index is 1.56. The number of halogens is 3. The van der Waals surface area contributed by atoms with Crippen molar-refractivity contribution in [3.8, 4) is 11.1 Å². The summed E-state index contributed by atoms with van der Waals surface area (Å²) in [7, 11) is 0. The number of nitrogens with zero attached hydrogens (tertiary/aromatic N) is 1. The molecule has 7 heteroatoms. The van der Waals surface area contributed by atoms with Crippen molar-refractivity contribution >= 4 is 11.9 Å². The molecule has 4 nitrogen and oxygen atoms in total. The van der Waals surface area contributed by atoms with Crippen LogP contribution in [0.15, 0.2) is 103 Å². The number of benzene rings is 4. The van der Waals surface area contributed by atoms with Crippen molar-refractivity contribution in [2.24, 2.45) is 0 Å². The zero-order chi connectivity index (χ0) is 25.7. The fraction of sp³-hybridized carbons (Fsp3) is 0.103. The van der Waals surface area contributed by atoms with Crippen LogP contribution in [0, 0.1) is 0 Å². The van der Waals surface area contributed by atoms with Crippen LogP contribution in [0.4, 0.5) is 13.2 Å². The van der Waals surface area contributed by atoms with E-state index < -0.39 is 17.7 Å². The van der Waals surface area contributed by atoms with E-state index in [1.807, 2.05) is 30.3 Å². The summed E-state index contributed by atoms with van der Waals surface area (Å²) in [4.78, 5) is 26.2. The molecule has 0 aliphatic rings. The molecule has 1 N–H and O–H groups in total. The lowest BCUT2D eigenvalue weighted by molar-refractivity contribution is -0.137. The molecule has 182 valence electrons. The van der Waals surface area contributed by atoms with Gasteiger partial charge in [0, 0.05) is 18.7 Å². The van der Waals surface area contributed by atoms with Gasteiger partial charge in [-0.3, -0.25) is 4.79 Å². The molecular formula is C29H22F3NO3. The predicted molar refractivity (Wildman–Crippen MR) is 130 cm³/mol. The molecule has 4 aromatic rings. The Kier molecular flexibility index (Phi) is 7.20. The number of carboxylic acids is 1. The highest BCUT2D eigenvalue weighted by atomic mass is 19.4. The van der Waals surface area contributed by atoms with Gasteiger partial charge in [-0.05, 0) is 58.7 Å². The summed E-state index contributed by atoms with van der Waals surface area (Å²) in [6.45, 7) is 0.620. The summed E-state index contributed by atoms with van der Waals surface area (Å²) in [5.74, 6) is -1.24. The van der Waals surface area contributed by atoms with Crippen LogP contribution in [0.1, 0.15) is 37.4 Å². The number of amides is 1. The van der Waals surface area contributed by atoms with Gasteiger partial charge in [0.1, 0.15) is 0 Å². The van der Waals surface area contributed by atoms with E-state index in [0.29, 0.717) is 23.2 Å². The lowest BCUT2D eigenvalue weighted by Crippen LogP contribution is -2.30. The number of carbonyl (C=O) groups is 2. The summed E-state index contributed by atoms with van der Waals surface area (Å²) in [5, 5.41) is 9.13. The standard InChI is InChI=1S/C29H22F3NO3/c30-29(31,32)26-16-14-23(15-17-26)22-10-12-24(13-11-22)27(34)33(18-20-4-2-1-3-5-20)19-21-6-8-25(9-7-21)28(35)36/h1-17H,18-19H2,(H,35,36). The maximum atomic E-state index is 13.4. The minimum absolute atomic E-state index is 0.165. The molecule has 0 unspecified atom stereocenters. The molecule has 0 saturated carbocycles. The van der Waals surface area contributed by atoms with Crippen LogP contribution in [0.2, 0.25) is 0 Å². The second-order valence-corrected chi connectivity index (χ2v) is 8.30. The minimum Gasteiger partial charge on any atom is -0.478 e. The first-order chi connectivity index (χ1) is 17.2. The van der Waals surface area contributed by atoms with Gasteiger partial charge in [0.25, 0.3) is 5.91 Å². The van der Waals surface area contributed by atoms with Crippen LogP contribution in [0.25, 0.3) is 11.1 Å². The van der Waals surface area contributed by atoms with Crippen molar-refractivity contribution in [1.29, 1.82) is 0 Å². The number of rotatable bonds is 7. The second kappa shape index (κ2) is 10.5. The quantitative estimate of drug-likeness (QED) is 0.307. The van der Waals surface area contributed by atoms with Gasteiger partial charge in [-0.2, -0.15) is 13.2 Å². The molecule has 0 fully saturated rings. The summed E-state index contributed by atoms with van der Waals surface area (Å²) in [6, 6.07) is 27.5. The molecule has 0 aliphatic heterocycles. The Morgan fingerprint density at radius 2 is 1.11 bits per heavy atom. The fourth-order valence-electron chi connectivity index (χ4n) is 3.82. The van der Waals surface area contributed by atoms with Gasteiger partial charge < -0.3 is 10.0 Å². The highest BCUT2D eigenvalue weighted by Gasteiger charge is 2.30. The van der Waals surface area contributed by atoms with Gasteiger partial charge in [0.05, 0.1) is 11.1 Å². The molecule has 0 aliphatic carbocycles. The highest BCUT2D eigenvalue weighted by Crippen LogP contribution is 2.31. The molecule has 0 radical (unpaired) electrons. The third kappa shape index (κ3) is 5.99. The van der Waals surface area contributed by atoms with Crippen LogP contribution in [-0.4, -0.2) is 21.9 Å². The van der Waals surface area contributed by atoms with Crippen molar-refractivity contribution < 1.29 is 27.9 Å². The number of hydrogen-bond acceptors (Lipinski definition) is 2. The van der Waals surface area contributed by atoms with E-state index in [0.717, 1.165) is 23.3 Å². The van der Waals surface area contributed by atoms with Gasteiger partial charge >= 0.3 is 12.1 Å². The third-order valence-electron chi connectivity index (χ3n) is 5.76. The number of hydrogen-bond donors (Lipinski definition) is 1. The van der Waals surface area contributed by atoms with E-state index in [1.54, 1.807) is 41.3 Å². The van der Waals surface area contributed by atoms with Gasteiger partial charge in [-0.15, -0.1) is 0 Å². The Morgan fingerprint density at radius 1 is 0.639 bits per heavy atom. The number of carbonyl (C=O) groups excluding carboxylic acids is 1. The zero-order valence-electron chi connectivity index (χ0n) is 19.1. The monoisotopic (exact) mass is 489 g/mol. The number of carboxylic acid groups (broad SMARTS) is 1. The largest absolute Gasteiger partial charge is 0.478 e. The van der Waals surface area contributed by atoms with Gasteiger partial charge in [0.2, 0.25) is 0 Å². The number of alkyl halides is 3. The summed E-state index contributed by atoms with van der Waals surface area (Å²) in [5.41, 5.74) is 2.91. The molecular weight excluding hydrogens is 467 g/mol. The first-order valence-corrected chi connectivity index (χ1v) is 11.1. The molecule has 36 heavy (non-hydrogen) atoms. The smallest absolute Gasteiger partial charge is 0.416 e. The van der Waals surface area contributed by atoms with Crippen molar-refractivity contribution in [2.75, 3.05) is 0 Å². The lowest BCUT2D eigenvalue weighted by Gasteiger charge is -2.23. The Hall–Kier alpha value is -4.39. The highest BCUT2D eigenvalue weighted by molar-refractivity contribution is 5.94. The average molecular weight is 489 g/mol. The van der Waals surface area contributed by atoms with Crippen molar-refractivity contribution in [2.45, 2.75) is 19.3 Å². The normalized spacial score (nSPS) is 11.2.